The summed E-state index contributed by atoms with van der Waals surface area (Å²) in [5, 5.41) is 2.35. The van der Waals surface area contributed by atoms with Crippen molar-refractivity contribution in [2.75, 3.05) is 5.32 Å². The molecule has 12 heavy (non-hydrogen) atoms. The number of primary amides is 1. The lowest BCUT2D eigenvalue weighted by Gasteiger charge is -2.00. The highest BCUT2D eigenvalue weighted by molar-refractivity contribution is 6.17. The summed E-state index contributed by atoms with van der Waals surface area (Å²) < 4.78 is 0. The molecule has 0 aromatic carbocycles. The highest BCUT2D eigenvalue weighted by atomic mass is 35.5. The Balaban J connectivity index is 2.79. The molecule has 64 valence electrons. The van der Waals surface area contributed by atoms with Gasteiger partial charge in [0.2, 0.25) is 0 Å². The molecule has 1 heterocycles. The number of nitrogens with zero attached hydrogens (tertiary/aromatic N) is 1. The zero-order chi connectivity index (χ0) is 8.97. The van der Waals surface area contributed by atoms with Gasteiger partial charge in [-0.05, 0) is 17.7 Å². The zero-order valence-corrected chi connectivity index (χ0v) is 7.01. The summed E-state index contributed by atoms with van der Waals surface area (Å²) in [5.74, 6) is 0.802. The van der Waals surface area contributed by atoms with E-state index in [-0.39, 0.29) is 0 Å². The van der Waals surface area contributed by atoms with Gasteiger partial charge in [-0.25, -0.2) is 9.78 Å². The van der Waals surface area contributed by atoms with E-state index >= 15 is 0 Å². The smallest absolute Gasteiger partial charge is 0.317 e. The van der Waals surface area contributed by atoms with E-state index in [1.165, 1.54) is 0 Å². The SMILES string of the molecule is NC(=O)Nc1cc(CCl)ccn1. The Bertz CT molecular complexity index is 290. The topological polar surface area (TPSA) is 68.0 Å². The highest BCUT2D eigenvalue weighted by Crippen LogP contribution is 2.08. The van der Waals surface area contributed by atoms with Crippen LogP contribution in [0.25, 0.3) is 0 Å². The molecule has 0 fully saturated rings. The summed E-state index contributed by atoms with van der Waals surface area (Å²) >= 11 is 5.56. The van der Waals surface area contributed by atoms with Crippen LogP contribution in [0.4, 0.5) is 10.6 Å². The van der Waals surface area contributed by atoms with E-state index in [2.05, 4.69) is 10.3 Å². The van der Waals surface area contributed by atoms with E-state index in [4.69, 9.17) is 17.3 Å². The Morgan fingerprint density at radius 2 is 2.50 bits per heavy atom. The minimum atomic E-state index is -0.630. The van der Waals surface area contributed by atoms with Crippen LogP contribution in [0.5, 0.6) is 0 Å². The van der Waals surface area contributed by atoms with Crippen LogP contribution in [0, 0.1) is 0 Å². The number of urea groups is 1. The van der Waals surface area contributed by atoms with Gasteiger partial charge in [-0.1, -0.05) is 0 Å². The van der Waals surface area contributed by atoms with Gasteiger partial charge in [0.05, 0.1) is 0 Å². The number of nitrogens with one attached hydrogen (secondary N) is 1. The third kappa shape index (κ3) is 2.39. The number of anilines is 1. The maximum absolute atomic E-state index is 10.4. The Hall–Kier alpha value is -1.29. The van der Waals surface area contributed by atoms with Crippen LogP contribution in [0.15, 0.2) is 18.3 Å². The molecule has 1 aromatic heterocycles. The summed E-state index contributed by atoms with van der Waals surface area (Å²) in [4.78, 5) is 14.3. The molecule has 0 saturated carbocycles. The summed E-state index contributed by atoms with van der Waals surface area (Å²) in [7, 11) is 0. The van der Waals surface area contributed by atoms with Crippen LogP contribution in [0.1, 0.15) is 5.56 Å². The maximum atomic E-state index is 10.4. The minimum absolute atomic E-state index is 0.385. The Morgan fingerprint density at radius 1 is 1.75 bits per heavy atom. The van der Waals surface area contributed by atoms with E-state index in [9.17, 15) is 4.79 Å². The lowest BCUT2D eigenvalue weighted by atomic mass is 10.3. The molecule has 2 amide bonds. The van der Waals surface area contributed by atoms with Gasteiger partial charge in [0.15, 0.2) is 0 Å². The lowest BCUT2D eigenvalue weighted by Crippen LogP contribution is -2.19. The van der Waals surface area contributed by atoms with Gasteiger partial charge >= 0.3 is 6.03 Å². The molecule has 0 radical (unpaired) electrons. The predicted octanol–water partition coefficient (Wildman–Crippen LogP) is 1.31. The molecule has 4 nitrogen and oxygen atoms in total. The van der Waals surface area contributed by atoms with E-state index in [1.807, 2.05) is 0 Å². The number of hydrogen-bond acceptors (Lipinski definition) is 2. The Morgan fingerprint density at radius 3 is 3.08 bits per heavy atom. The quantitative estimate of drug-likeness (QED) is 0.683. The fourth-order valence-corrected chi connectivity index (χ4v) is 0.918. The fourth-order valence-electron chi connectivity index (χ4n) is 0.752. The second-order valence-corrected chi connectivity index (χ2v) is 2.44. The number of halogens is 1. The van der Waals surface area contributed by atoms with Crippen molar-refractivity contribution in [3.63, 3.8) is 0 Å². The predicted molar refractivity (Wildman–Crippen MR) is 47.0 cm³/mol. The van der Waals surface area contributed by atoms with Gasteiger partial charge in [0.25, 0.3) is 0 Å². The minimum Gasteiger partial charge on any atom is -0.351 e. The number of alkyl halides is 1. The van der Waals surface area contributed by atoms with Gasteiger partial charge < -0.3 is 5.73 Å². The lowest BCUT2D eigenvalue weighted by molar-refractivity contribution is 0.259. The van der Waals surface area contributed by atoms with E-state index in [0.717, 1.165) is 5.56 Å². The third-order valence-corrected chi connectivity index (χ3v) is 1.54. The fraction of sp³-hybridized carbons (Fsp3) is 0.143. The standard InChI is InChI=1S/C7H8ClN3O/c8-4-5-1-2-10-6(3-5)11-7(9)12/h1-3H,4H2,(H3,9,10,11,12). The Labute approximate surface area is 74.7 Å². The molecule has 0 aliphatic carbocycles. The van der Waals surface area contributed by atoms with Crippen molar-refractivity contribution in [3.8, 4) is 0 Å². The number of carbonyl (C=O) groups excluding carboxylic acids is 1. The molecule has 1 aromatic rings. The average Bonchev–Trinajstić information content (AvgIpc) is 2.03. The molecule has 1 rings (SSSR count). The van der Waals surface area contributed by atoms with Gasteiger partial charge in [0.1, 0.15) is 5.82 Å². The third-order valence-electron chi connectivity index (χ3n) is 1.23. The van der Waals surface area contributed by atoms with Crippen molar-refractivity contribution < 1.29 is 4.79 Å². The highest BCUT2D eigenvalue weighted by Gasteiger charge is 1.97. The second kappa shape index (κ2) is 3.92. The molecule has 0 atom stereocenters. The van der Waals surface area contributed by atoms with Gasteiger partial charge in [-0.3, -0.25) is 5.32 Å². The van der Waals surface area contributed by atoms with Crippen LogP contribution in [-0.2, 0) is 5.88 Å². The molecule has 0 aliphatic heterocycles. The van der Waals surface area contributed by atoms with Crippen molar-refractivity contribution in [2.24, 2.45) is 5.73 Å². The summed E-state index contributed by atoms with van der Waals surface area (Å²) in [6.45, 7) is 0. The largest absolute Gasteiger partial charge is 0.351 e. The van der Waals surface area contributed by atoms with Gasteiger partial charge in [-0.2, -0.15) is 0 Å². The van der Waals surface area contributed by atoms with Gasteiger partial charge in [0, 0.05) is 12.1 Å². The number of amides is 2. The first kappa shape index (κ1) is 8.80. The van der Waals surface area contributed by atoms with Crippen molar-refractivity contribution >= 4 is 23.4 Å². The number of nitrogens with two attached hydrogens (primary N) is 1. The normalized spacial score (nSPS) is 9.42. The number of hydrogen-bond donors (Lipinski definition) is 2. The van der Waals surface area contributed by atoms with Crippen LogP contribution in [-0.4, -0.2) is 11.0 Å². The first-order valence-electron chi connectivity index (χ1n) is 3.29. The molecule has 0 unspecified atom stereocenters. The molecular weight excluding hydrogens is 178 g/mol. The molecule has 0 aliphatic rings. The second-order valence-electron chi connectivity index (χ2n) is 2.17. The molecule has 5 heteroatoms. The van der Waals surface area contributed by atoms with Crippen LogP contribution in [0.3, 0.4) is 0 Å². The average molecular weight is 186 g/mol. The maximum Gasteiger partial charge on any atom is 0.317 e. The number of rotatable bonds is 2. The molecule has 0 bridgehead atoms. The molecule has 0 spiro atoms. The molecule has 3 N–H and O–H groups in total. The van der Waals surface area contributed by atoms with E-state index in [0.29, 0.717) is 11.7 Å². The van der Waals surface area contributed by atoms with Crippen LogP contribution < -0.4 is 11.1 Å². The number of pyridine rings is 1. The molecule has 0 saturated heterocycles. The van der Waals surface area contributed by atoms with Crippen molar-refractivity contribution in [3.05, 3.63) is 23.9 Å². The summed E-state index contributed by atoms with van der Waals surface area (Å²) in [5.41, 5.74) is 5.78. The van der Waals surface area contributed by atoms with E-state index < -0.39 is 6.03 Å². The van der Waals surface area contributed by atoms with Crippen molar-refractivity contribution in [1.82, 2.24) is 4.98 Å². The summed E-state index contributed by atoms with van der Waals surface area (Å²) in [6, 6.07) is 2.80. The number of aromatic nitrogens is 1. The van der Waals surface area contributed by atoms with E-state index in [1.54, 1.807) is 18.3 Å². The first-order chi connectivity index (χ1) is 5.72. The summed E-state index contributed by atoms with van der Waals surface area (Å²) in [6.07, 6.45) is 1.56. The molecular formula is C7H8ClN3O. The van der Waals surface area contributed by atoms with Gasteiger partial charge in [-0.15, -0.1) is 11.6 Å². The van der Waals surface area contributed by atoms with Crippen LogP contribution in [0.2, 0.25) is 0 Å². The Kier molecular flexibility index (Phi) is 2.88. The van der Waals surface area contributed by atoms with Crippen molar-refractivity contribution in [2.45, 2.75) is 5.88 Å². The number of carbonyl (C=O) groups is 1. The van der Waals surface area contributed by atoms with Crippen molar-refractivity contribution in [1.29, 1.82) is 0 Å². The monoisotopic (exact) mass is 185 g/mol. The first-order valence-corrected chi connectivity index (χ1v) is 3.83. The van der Waals surface area contributed by atoms with Crippen LogP contribution >= 0.6 is 11.6 Å². The zero-order valence-electron chi connectivity index (χ0n) is 6.25.